The van der Waals surface area contributed by atoms with Crippen molar-refractivity contribution in [2.45, 2.75) is 52.5 Å². The molecule has 2 heterocycles. The van der Waals surface area contributed by atoms with Gasteiger partial charge in [0.15, 0.2) is 0 Å². The van der Waals surface area contributed by atoms with Crippen molar-refractivity contribution < 1.29 is 9.21 Å². The maximum Gasteiger partial charge on any atom is 0.318 e. The summed E-state index contributed by atoms with van der Waals surface area (Å²) in [7, 11) is 0. The highest BCUT2D eigenvalue weighted by Crippen LogP contribution is 2.25. The van der Waals surface area contributed by atoms with E-state index in [0.717, 1.165) is 31.5 Å². The second-order valence-electron chi connectivity index (χ2n) is 7.94. The van der Waals surface area contributed by atoms with E-state index in [-0.39, 0.29) is 11.9 Å². The van der Waals surface area contributed by atoms with E-state index in [0.29, 0.717) is 18.3 Å². The zero-order chi connectivity index (χ0) is 18.6. The molecule has 2 aromatic rings. The quantitative estimate of drug-likeness (QED) is 0.888. The molecule has 26 heavy (non-hydrogen) atoms. The summed E-state index contributed by atoms with van der Waals surface area (Å²) in [5.41, 5.74) is 0.634. The Kier molecular flexibility index (Phi) is 5.59. The van der Waals surface area contributed by atoms with Crippen LogP contribution in [0.1, 0.15) is 57.5 Å². The first-order valence-corrected chi connectivity index (χ1v) is 9.37. The van der Waals surface area contributed by atoms with Crippen LogP contribution in [0.15, 0.2) is 34.7 Å². The van der Waals surface area contributed by atoms with Gasteiger partial charge in [0.05, 0.1) is 0 Å². The van der Waals surface area contributed by atoms with E-state index in [2.05, 4.69) is 20.4 Å². The Hall–Kier alpha value is -2.37. The molecule has 0 aliphatic carbocycles. The SMILES string of the molecule is CC(C)(C)C(=O)NC(Cc1ccccc1)c1nnc(N2CCCCC2)o1. The second kappa shape index (κ2) is 7.89. The van der Waals surface area contributed by atoms with Crippen molar-refractivity contribution in [2.24, 2.45) is 5.41 Å². The lowest BCUT2D eigenvalue weighted by atomic mass is 9.94. The number of hydrogen-bond acceptors (Lipinski definition) is 5. The molecule has 3 rings (SSSR count). The molecule has 0 spiro atoms. The molecule has 1 aromatic heterocycles. The van der Waals surface area contributed by atoms with Gasteiger partial charge in [-0.05, 0) is 24.8 Å². The van der Waals surface area contributed by atoms with Gasteiger partial charge in [-0.3, -0.25) is 4.79 Å². The fraction of sp³-hybridized carbons (Fsp3) is 0.550. The van der Waals surface area contributed by atoms with Crippen molar-refractivity contribution in [3.63, 3.8) is 0 Å². The van der Waals surface area contributed by atoms with Crippen LogP contribution in [0.3, 0.4) is 0 Å². The molecular formula is C20H28N4O2. The number of hydrogen-bond donors (Lipinski definition) is 1. The van der Waals surface area contributed by atoms with Crippen LogP contribution in [-0.4, -0.2) is 29.2 Å². The van der Waals surface area contributed by atoms with E-state index in [1.54, 1.807) is 0 Å². The number of amides is 1. The van der Waals surface area contributed by atoms with Gasteiger partial charge in [-0.15, -0.1) is 5.10 Å². The highest BCUT2D eigenvalue weighted by Gasteiger charge is 2.28. The Balaban J connectivity index is 1.80. The molecule has 6 nitrogen and oxygen atoms in total. The summed E-state index contributed by atoms with van der Waals surface area (Å²) in [6, 6.07) is 10.3. The Bertz CT molecular complexity index is 715. The zero-order valence-electron chi connectivity index (χ0n) is 15.9. The van der Waals surface area contributed by atoms with Crippen LogP contribution in [-0.2, 0) is 11.2 Å². The van der Waals surface area contributed by atoms with Crippen LogP contribution in [0.25, 0.3) is 0 Å². The van der Waals surface area contributed by atoms with E-state index < -0.39 is 5.41 Å². The first kappa shape index (κ1) is 18.4. The monoisotopic (exact) mass is 356 g/mol. The molecule has 0 radical (unpaired) electrons. The predicted molar refractivity (Wildman–Crippen MR) is 101 cm³/mol. The first-order chi connectivity index (χ1) is 12.4. The molecule has 0 bridgehead atoms. The van der Waals surface area contributed by atoms with Crippen LogP contribution in [0.2, 0.25) is 0 Å². The third-order valence-corrected chi connectivity index (χ3v) is 4.62. The average molecular weight is 356 g/mol. The zero-order valence-corrected chi connectivity index (χ0v) is 15.9. The van der Waals surface area contributed by atoms with Gasteiger partial charge in [0.1, 0.15) is 6.04 Å². The van der Waals surface area contributed by atoms with Crippen LogP contribution in [0.4, 0.5) is 6.01 Å². The fourth-order valence-corrected chi connectivity index (χ4v) is 3.00. The minimum atomic E-state index is -0.481. The number of carbonyl (C=O) groups excluding carboxylic acids is 1. The maximum absolute atomic E-state index is 12.5. The highest BCUT2D eigenvalue weighted by atomic mass is 16.4. The van der Waals surface area contributed by atoms with Crippen molar-refractivity contribution in [1.29, 1.82) is 0 Å². The molecule has 1 N–H and O–H groups in total. The molecule has 1 aromatic carbocycles. The average Bonchev–Trinajstić information content (AvgIpc) is 3.12. The van der Waals surface area contributed by atoms with Crippen molar-refractivity contribution >= 4 is 11.9 Å². The number of anilines is 1. The van der Waals surface area contributed by atoms with E-state index >= 15 is 0 Å². The summed E-state index contributed by atoms with van der Waals surface area (Å²) in [6.45, 7) is 7.58. The molecule has 1 saturated heterocycles. The minimum absolute atomic E-state index is 0.0313. The van der Waals surface area contributed by atoms with Gasteiger partial charge in [-0.25, -0.2) is 0 Å². The van der Waals surface area contributed by atoms with E-state index in [1.807, 2.05) is 51.1 Å². The summed E-state index contributed by atoms with van der Waals surface area (Å²) in [4.78, 5) is 14.7. The smallest absolute Gasteiger partial charge is 0.318 e. The number of benzene rings is 1. The van der Waals surface area contributed by atoms with Crippen LogP contribution in [0.5, 0.6) is 0 Å². The number of carbonyl (C=O) groups is 1. The van der Waals surface area contributed by atoms with E-state index in [4.69, 9.17) is 4.42 Å². The molecule has 0 saturated carbocycles. The van der Waals surface area contributed by atoms with Crippen molar-refractivity contribution in [2.75, 3.05) is 18.0 Å². The lowest BCUT2D eigenvalue weighted by molar-refractivity contribution is -0.129. The van der Waals surface area contributed by atoms with Gasteiger partial charge in [0.25, 0.3) is 0 Å². The maximum atomic E-state index is 12.5. The Labute approximate surface area is 155 Å². The minimum Gasteiger partial charge on any atom is -0.406 e. The summed E-state index contributed by atoms with van der Waals surface area (Å²) in [6.07, 6.45) is 4.15. The Morgan fingerprint density at radius 3 is 2.50 bits per heavy atom. The van der Waals surface area contributed by atoms with Gasteiger partial charge in [-0.2, -0.15) is 0 Å². The summed E-state index contributed by atoms with van der Waals surface area (Å²) < 4.78 is 5.96. The fourth-order valence-electron chi connectivity index (χ4n) is 3.00. The Morgan fingerprint density at radius 2 is 1.85 bits per heavy atom. The third-order valence-electron chi connectivity index (χ3n) is 4.62. The topological polar surface area (TPSA) is 71.3 Å². The van der Waals surface area contributed by atoms with Crippen LogP contribution in [0, 0.1) is 5.41 Å². The first-order valence-electron chi connectivity index (χ1n) is 9.37. The number of rotatable bonds is 5. The normalized spacial score (nSPS) is 16.3. The number of nitrogens with one attached hydrogen (secondary N) is 1. The number of piperidine rings is 1. The van der Waals surface area contributed by atoms with Gasteiger partial charge >= 0.3 is 6.01 Å². The van der Waals surface area contributed by atoms with E-state index in [9.17, 15) is 4.79 Å². The molecular weight excluding hydrogens is 328 g/mol. The van der Waals surface area contributed by atoms with Crippen LogP contribution >= 0.6 is 0 Å². The van der Waals surface area contributed by atoms with Crippen molar-refractivity contribution in [1.82, 2.24) is 15.5 Å². The van der Waals surface area contributed by atoms with E-state index in [1.165, 1.54) is 6.42 Å². The summed E-state index contributed by atoms with van der Waals surface area (Å²) in [5, 5.41) is 11.6. The van der Waals surface area contributed by atoms with Gasteiger partial charge in [0.2, 0.25) is 11.8 Å². The molecule has 1 fully saturated rings. The number of aromatic nitrogens is 2. The van der Waals surface area contributed by atoms with Crippen molar-refractivity contribution in [3.8, 4) is 0 Å². The summed E-state index contributed by atoms with van der Waals surface area (Å²) >= 11 is 0. The highest BCUT2D eigenvalue weighted by molar-refractivity contribution is 5.81. The molecule has 1 aliphatic heterocycles. The van der Waals surface area contributed by atoms with Gasteiger partial charge in [-0.1, -0.05) is 56.2 Å². The molecule has 1 atom stereocenters. The lowest BCUT2D eigenvalue weighted by Gasteiger charge is -2.24. The largest absolute Gasteiger partial charge is 0.406 e. The standard InChI is InChI=1S/C20H28N4O2/c1-20(2,3)18(25)21-16(14-15-10-6-4-7-11-15)17-22-23-19(26-17)24-12-8-5-9-13-24/h4,6-7,10-11,16H,5,8-9,12-14H2,1-3H3,(H,21,25). The molecule has 1 unspecified atom stereocenters. The number of nitrogens with zero attached hydrogens (tertiary/aromatic N) is 3. The third kappa shape index (κ3) is 4.62. The molecule has 140 valence electrons. The van der Waals surface area contributed by atoms with Gasteiger partial charge < -0.3 is 14.6 Å². The predicted octanol–water partition coefficient (Wildman–Crippen LogP) is 3.51. The lowest BCUT2D eigenvalue weighted by Crippen LogP contribution is -2.38. The van der Waals surface area contributed by atoms with Gasteiger partial charge in [0, 0.05) is 24.9 Å². The van der Waals surface area contributed by atoms with Crippen molar-refractivity contribution in [3.05, 3.63) is 41.8 Å². The summed E-state index contributed by atoms with van der Waals surface area (Å²) in [5.74, 6) is 0.434. The van der Waals surface area contributed by atoms with Crippen LogP contribution < -0.4 is 10.2 Å². The molecule has 1 amide bonds. The second-order valence-corrected chi connectivity index (χ2v) is 7.94. The Morgan fingerprint density at radius 1 is 1.15 bits per heavy atom. The molecule has 1 aliphatic rings. The molecule has 6 heteroatoms.